The van der Waals surface area contributed by atoms with E-state index in [1.807, 2.05) is 0 Å². The van der Waals surface area contributed by atoms with Crippen molar-refractivity contribution in [2.45, 2.75) is 51.0 Å². The zero-order valence-corrected chi connectivity index (χ0v) is 10.4. The Morgan fingerprint density at radius 2 is 1.71 bits per heavy atom. The van der Waals surface area contributed by atoms with Crippen LogP contribution in [0.2, 0.25) is 0 Å². The smallest absolute Gasteiger partial charge is 0.223 e. The van der Waals surface area contributed by atoms with E-state index in [9.17, 15) is 9.59 Å². The van der Waals surface area contributed by atoms with E-state index in [0.717, 1.165) is 45.2 Å². The van der Waals surface area contributed by atoms with Crippen LogP contribution in [-0.2, 0) is 9.59 Å². The zero-order valence-electron chi connectivity index (χ0n) is 10.4. The van der Waals surface area contributed by atoms with Gasteiger partial charge in [0.1, 0.15) is 0 Å². The molecule has 17 heavy (non-hydrogen) atoms. The first kappa shape index (κ1) is 12.4. The number of carbonyl (C=O) groups excluding carboxylic acids is 2. The normalized spacial score (nSPS) is 23.4. The molecule has 0 atom stereocenters. The van der Waals surface area contributed by atoms with Gasteiger partial charge in [-0.05, 0) is 25.7 Å². The van der Waals surface area contributed by atoms with Gasteiger partial charge in [0.2, 0.25) is 12.3 Å². The Morgan fingerprint density at radius 3 is 2.29 bits per heavy atom. The van der Waals surface area contributed by atoms with Crippen molar-refractivity contribution in [2.75, 3.05) is 13.1 Å². The maximum atomic E-state index is 12.0. The SMILES string of the molecule is O=CN1CCC(NC(=O)C2CCCCC2)CC1. The quantitative estimate of drug-likeness (QED) is 0.754. The third-order valence-electron chi connectivity index (χ3n) is 4.00. The van der Waals surface area contributed by atoms with Crippen LogP contribution in [0.1, 0.15) is 44.9 Å². The van der Waals surface area contributed by atoms with Crippen molar-refractivity contribution in [3.05, 3.63) is 0 Å². The lowest BCUT2D eigenvalue weighted by molar-refractivity contribution is -0.127. The van der Waals surface area contributed by atoms with Crippen molar-refractivity contribution in [3.63, 3.8) is 0 Å². The van der Waals surface area contributed by atoms with Gasteiger partial charge in [0, 0.05) is 25.0 Å². The van der Waals surface area contributed by atoms with E-state index in [-0.39, 0.29) is 17.9 Å². The molecule has 2 amide bonds. The van der Waals surface area contributed by atoms with Crippen LogP contribution in [-0.4, -0.2) is 36.3 Å². The van der Waals surface area contributed by atoms with Gasteiger partial charge < -0.3 is 10.2 Å². The number of likely N-dealkylation sites (tertiary alicyclic amines) is 1. The second kappa shape index (κ2) is 6.03. The Morgan fingerprint density at radius 1 is 1.06 bits per heavy atom. The monoisotopic (exact) mass is 238 g/mol. The van der Waals surface area contributed by atoms with Crippen molar-refractivity contribution in [1.29, 1.82) is 0 Å². The molecular weight excluding hydrogens is 216 g/mol. The van der Waals surface area contributed by atoms with Crippen molar-refractivity contribution in [2.24, 2.45) is 5.92 Å². The van der Waals surface area contributed by atoms with Crippen molar-refractivity contribution in [3.8, 4) is 0 Å². The molecule has 0 spiro atoms. The summed E-state index contributed by atoms with van der Waals surface area (Å²) >= 11 is 0. The number of nitrogens with one attached hydrogen (secondary N) is 1. The molecule has 0 aromatic heterocycles. The molecular formula is C13H22N2O2. The number of rotatable bonds is 3. The molecule has 1 N–H and O–H groups in total. The highest BCUT2D eigenvalue weighted by Gasteiger charge is 2.25. The molecule has 1 heterocycles. The molecule has 0 aromatic rings. The fourth-order valence-electron chi connectivity index (χ4n) is 2.83. The summed E-state index contributed by atoms with van der Waals surface area (Å²) in [4.78, 5) is 24.4. The van der Waals surface area contributed by atoms with Gasteiger partial charge in [0.15, 0.2) is 0 Å². The molecule has 0 aromatic carbocycles. The van der Waals surface area contributed by atoms with Crippen LogP contribution in [0.15, 0.2) is 0 Å². The van der Waals surface area contributed by atoms with Crippen LogP contribution < -0.4 is 5.32 Å². The third-order valence-corrected chi connectivity index (χ3v) is 4.00. The molecule has 2 rings (SSSR count). The molecule has 96 valence electrons. The van der Waals surface area contributed by atoms with Crippen molar-refractivity contribution >= 4 is 12.3 Å². The lowest BCUT2D eigenvalue weighted by Crippen LogP contribution is -2.46. The third kappa shape index (κ3) is 3.45. The Kier molecular flexibility index (Phi) is 4.40. The molecule has 2 fully saturated rings. The van der Waals surface area contributed by atoms with E-state index in [1.165, 1.54) is 19.3 Å². The fraction of sp³-hybridized carbons (Fsp3) is 0.846. The molecule has 0 unspecified atom stereocenters. The average molecular weight is 238 g/mol. The van der Waals surface area contributed by atoms with Gasteiger partial charge in [-0.3, -0.25) is 9.59 Å². The number of carbonyl (C=O) groups is 2. The molecule has 1 saturated carbocycles. The highest BCUT2D eigenvalue weighted by Crippen LogP contribution is 2.24. The van der Waals surface area contributed by atoms with Crippen LogP contribution in [0, 0.1) is 5.92 Å². The second-order valence-electron chi connectivity index (χ2n) is 5.26. The molecule has 4 heteroatoms. The maximum Gasteiger partial charge on any atom is 0.223 e. The Labute approximate surface area is 103 Å². The number of hydrogen-bond donors (Lipinski definition) is 1. The van der Waals surface area contributed by atoms with E-state index in [1.54, 1.807) is 4.90 Å². The fourth-order valence-corrected chi connectivity index (χ4v) is 2.83. The summed E-state index contributed by atoms with van der Waals surface area (Å²) in [5.74, 6) is 0.488. The summed E-state index contributed by atoms with van der Waals surface area (Å²) in [6.45, 7) is 1.55. The van der Waals surface area contributed by atoms with Crippen molar-refractivity contribution in [1.82, 2.24) is 10.2 Å². The molecule has 0 radical (unpaired) electrons. The zero-order chi connectivity index (χ0) is 12.1. The topological polar surface area (TPSA) is 49.4 Å². The summed E-state index contributed by atoms with van der Waals surface area (Å²) in [5.41, 5.74) is 0. The predicted octanol–water partition coefficient (Wildman–Crippen LogP) is 1.30. The van der Waals surface area contributed by atoms with Crippen LogP contribution in [0.3, 0.4) is 0 Å². The Hall–Kier alpha value is -1.06. The minimum absolute atomic E-state index is 0.243. The van der Waals surface area contributed by atoms with E-state index >= 15 is 0 Å². The minimum atomic E-state index is 0.243. The Bertz CT molecular complexity index is 267. The lowest BCUT2D eigenvalue weighted by atomic mass is 9.88. The highest BCUT2D eigenvalue weighted by molar-refractivity contribution is 5.79. The van der Waals surface area contributed by atoms with Gasteiger partial charge in [0.05, 0.1) is 0 Å². The van der Waals surface area contributed by atoms with Crippen molar-refractivity contribution < 1.29 is 9.59 Å². The largest absolute Gasteiger partial charge is 0.353 e. The van der Waals surface area contributed by atoms with E-state index < -0.39 is 0 Å². The Balaban J connectivity index is 1.73. The first-order valence-corrected chi connectivity index (χ1v) is 6.79. The molecule has 1 aliphatic carbocycles. The predicted molar refractivity (Wildman–Crippen MR) is 65.4 cm³/mol. The molecule has 2 aliphatic rings. The van der Waals surface area contributed by atoms with Gasteiger partial charge in [-0.1, -0.05) is 19.3 Å². The van der Waals surface area contributed by atoms with Crippen LogP contribution >= 0.6 is 0 Å². The van der Waals surface area contributed by atoms with Crippen LogP contribution in [0.5, 0.6) is 0 Å². The number of piperidine rings is 1. The van der Waals surface area contributed by atoms with E-state index in [4.69, 9.17) is 0 Å². The molecule has 4 nitrogen and oxygen atoms in total. The number of amides is 2. The summed E-state index contributed by atoms with van der Waals surface area (Å²) in [5, 5.41) is 3.15. The minimum Gasteiger partial charge on any atom is -0.353 e. The summed E-state index contributed by atoms with van der Waals surface area (Å²) in [6.07, 6.45) is 8.48. The van der Waals surface area contributed by atoms with Gasteiger partial charge in [-0.25, -0.2) is 0 Å². The van der Waals surface area contributed by atoms with Crippen LogP contribution in [0.4, 0.5) is 0 Å². The second-order valence-corrected chi connectivity index (χ2v) is 5.26. The van der Waals surface area contributed by atoms with Gasteiger partial charge >= 0.3 is 0 Å². The molecule has 1 saturated heterocycles. The first-order chi connectivity index (χ1) is 8.29. The standard InChI is InChI=1S/C13H22N2O2/c16-10-15-8-6-12(7-9-15)14-13(17)11-4-2-1-3-5-11/h10-12H,1-9H2,(H,14,17). The van der Waals surface area contributed by atoms with Gasteiger partial charge in [-0.2, -0.15) is 0 Å². The highest BCUT2D eigenvalue weighted by atomic mass is 16.2. The number of hydrogen-bond acceptors (Lipinski definition) is 2. The first-order valence-electron chi connectivity index (χ1n) is 6.79. The summed E-state index contributed by atoms with van der Waals surface area (Å²) in [6, 6.07) is 0.278. The maximum absolute atomic E-state index is 12.0. The number of nitrogens with zero attached hydrogens (tertiary/aromatic N) is 1. The molecule has 1 aliphatic heterocycles. The van der Waals surface area contributed by atoms with E-state index in [2.05, 4.69) is 5.32 Å². The molecule has 0 bridgehead atoms. The summed E-state index contributed by atoms with van der Waals surface area (Å²) < 4.78 is 0. The van der Waals surface area contributed by atoms with E-state index in [0.29, 0.717) is 0 Å². The van der Waals surface area contributed by atoms with Gasteiger partial charge in [-0.15, -0.1) is 0 Å². The van der Waals surface area contributed by atoms with Gasteiger partial charge in [0.25, 0.3) is 0 Å². The average Bonchev–Trinajstić information content (AvgIpc) is 2.40. The van der Waals surface area contributed by atoms with Crippen LogP contribution in [0.25, 0.3) is 0 Å². The summed E-state index contributed by atoms with van der Waals surface area (Å²) in [7, 11) is 0. The lowest BCUT2D eigenvalue weighted by Gasteiger charge is -2.31.